The maximum atomic E-state index is 10.4. The summed E-state index contributed by atoms with van der Waals surface area (Å²) in [6, 6.07) is 0. The van der Waals surface area contributed by atoms with E-state index in [1.54, 1.807) is 0 Å². The first kappa shape index (κ1) is 13.1. The summed E-state index contributed by atoms with van der Waals surface area (Å²) in [5.41, 5.74) is 0.412. The highest BCUT2D eigenvalue weighted by Gasteiger charge is 2.29. The summed E-state index contributed by atoms with van der Waals surface area (Å²) >= 11 is 0. The van der Waals surface area contributed by atoms with Gasteiger partial charge in [-0.15, -0.1) is 0 Å². The SMILES string of the molecule is CNc1ncnc(NCC2(O)CCCCC2)c1C. The zero-order chi connectivity index (χ0) is 13.0. The van der Waals surface area contributed by atoms with E-state index in [1.807, 2.05) is 14.0 Å². The molecule has 0 radical (unpaired) electrons. The molecule has 5 heteroatoms. The lowest BCUT2D eigenvalue weighted by Crippen LogP contribution is -2.39. The van der Waals surface area contributed by atoms with Crippen molar-refractivity contribution in [3.05, 3.63) is 11.9 Å². The van der Waals surface area contributed by atoms with E-state index in [2.05, 4.69) is 20.6 Å². The van der Waals surface area contributed by atoms with Gasteiger partial charge in [-0.05, 0) is 19.8 Å². The fourth-order valence-electron chi connectivity index (χ4n) is 2.52. The molecule has 5 nitrogen and oxygen atoms in total. The van der Waals surface area contributed by atoms with Gasteiger partial charge in [0.2, 0.25) is 0 Å². The number of aliphatic hydroxyl groups is 1. The minimum absolute atomic E-state index is 0.563. The lowest BCUT2D eigenvalue weighted by atomic mass is 9.85. The molecule has 1 aromatic heterocycles. The van der Waals surface area contributed by atoms with E-state index in [0.717, 1.165) is 42.9 Å². The Hall–Kier alpha value is -1.36. The molecule has 1 heterocycles. The molecular weight excluding hydrogens is 228 g/mol. The van der Waals surface area contributed by atoms with Gasteiger partial charge >= 0.3 is 0 Å². The summed E-state index contributed by atoms with van der Waals surface area (Å²) < 4.78 is 0. The molecule has 1 aromatic rings. The minimum Gasteiger partial charge on any atom is -0.388 e. The third kappa shape index (κ3) is 2.90. The first-order valence-corrected chi connectivity index (χ1v) is 6.60. The predicted octanol–water partition coefficient (Wildman–Crippen LogP) is 1.93. The molecule has 1 saturated carbocycles. The third-order valence-corrected chi connectivity index (χ3v) is 3.69. The first-order chi connectivity index (χ1) is 8.64. The van der Waals surface area contributed by atoms with Gasteiger partial charge in [0.15, 0.2) is 0 Å². The molecule has 1 aliphatic carbocycles. The van der Waals surface area contributed by atoms with Crippen LogP contribution < -0.4 is 10.6 Å². The predicted molar refractivity (Wildman–Crippen MR) is 72.8 cm³/mol. The molecule has 0 aromatic carbocycles. The normalized spacial score (nSPS) is 18.4. The topological polar surface area (TPSA) is 70.1 Å². The Balaban J connectivity index is 2.01. The third-order valence-electron chi connectivity index (χ3n) is 3.69. The molecule has 18 heavy (non-hydrogen) atoms. The number of rotatable bonds is 4. The number of hydrogen-bond acceptors (Lipinski definition) is 5. The zero-order valence-electron chi connectivity index (χ0n) is 11.2. The Morgan fingerprint density at radius 1 is 1.22 bits per heavy atom. The summed E-state index contributed by atoms with van der Waals surface area (Å²) in [6.45, 7) is 2.53. The average Bonchev–Trinajstić information content (AvgIpc) is 2.38. The molecule has 2 rings (SSSR count). The summed E-state index contributed by atoms with van der Waals surface area (Å²) in [5.74, 6) is 1.62. The van der Waals surface area contributed by atoms with Crippen molar-refractivity contribution in [2.24, 2.45) is 0 Å². The van der Waals surface area contributed by atoms with Crippen molar-refractivity contribution in [1.82, 2.24) is 9.97 Å². The first-order valence-electron chi connectivity index (χ1n) is 6.60. The van der Waals surface area contributed by atoms with E-state index in [1.165, 1.54) is 12.7 Å². The van der Waals surface area contributed by atoms with Crippen molar-refractivity contribution in [2.45, 2.75) is 44.6 Å². The van der Waals surface area contributed by atoms with E-state index in [9.17, 15) is 5.11 Å². The van der Waals surface area contributed by atoms with Gasteiger partial charge in [-0.3, -0.25) is 0 Å². The average molecular weight is 250 g/mol. The van der Waals surface area contributed by atoms with Crippen LogP contribution in [0.2, 0.25) is 0 Å². The Kier molecular flexibility index (Phi) is 4.01. The van der Waals surface area contributed by atoms with E-state index in [0.29, 0.717) is 6.54 Å². The number of anilines is 2. The highest BCUT2D eigenvalue weighted by molar-refractivity contribution is 5.56. The van der Waals surface area contributed by atoms with Crippen LogP contribution in [-0.4, -0.2) is 34.3 Å². The fourth-order valence-corrected chi connectivity index (χ4v) is 2.52. The van der Waals surface area contributed by atoms with Gasteiger partial charge in [0.05, 0.1) is 5.60 Å². The Morgan fingerprint density at radius 2 is 1.89 bits per heavy atom. The van der Waals surface area contributed by atoms with Crippen molar-refractivity contribution >= 4 is 11.6 Å². The van der Waals surface area contributed by atoms with Gasteiger partial charge in [-0.25, -0.2) is 9.97 Å². The van der Waals surface area contributed by atoms with Gasteiger partial charge in [0, 0.05) is 19.2 Å². The van der Waals surface area contributed by atoms with Crippen LogP contribution in [0.25, 0.3) is 0 Å². The van der Waals surface area contributed by atoms with Crippen LogP contribution in [0.4, 0.5) is 11.6 Å². The molecule has 0 bridgehead atoms. The Bertz CT molecular complexity index is 402. The van der Waals surface area contributed by atoms with Crippen LogP contribution >= 0.6 is 0 Å². The number of nitrogens with one attached hydrogen (secondary N) is 2. The van der Waals surface area contributed by atoms with Crippen LogP contribution in [0, 0.1) is 6.92 Å². The number of hydrogen-bond donors (Lipinski definition) is 3. The van der Waals surface area contributed by atoms with E-state index >= 15 is 0 Å². The van der Waals surface area contributed by atoms with Crippen LogP contribution in [-0.2, 0) is 0 Å². The Morgan fingerprint density at radius 3 is 2.56 bits per heavy atom. The van der Waals surface area contributed by atoms with Crippen LogP contribution in [0.15, 0.2) is 6.33 Å². The van der Waals surface area contributed by atoms with Crippen molar-refractivity contribution in [2.75, 3.05) is 24.2 Å². The molecule has 0 aliphatic heterocycles. The summed E-state index contributed by atoms with van der Waals surface area (Å²) in [5, 5.41) is 16.7. The summed E-state index contributed by atoms with van der Waals surface area (Å²) in [7, 11) is 1.84. The van der Waals surface area contributed by atoms with Crippen LogP contribution in [0.3, 0.4) is 0 Å². The second-order valence-corrected chi connectivity index (χ2v) is 5.08. The molecular formula is C13H22N4O. The monoisotopic (exact) mass is 250 g/mol. The van der Waals surface area contributed by atoms with E-state index in [4.69, 9.17) is 0 Å². The van der Waals surface area contributed by atoms with Crippen molar-refractivity contribution in [3.63, 3.8) is 0 Å². The summed E-state index contributed by atoms with van der Waals surface area (Å²) in [4.78, 5) is 8.37. The van der Waals surface area contributed by atoms with E-state index in [-0.39, 0.29) is 0 Å². The van der Waals surface area contributed by atoms with Crippen molar-refractivity contribution in [1.29, 1.82) is 0 Å². The van der Waals surface area contributed by atoms with Gasteiger partial charge < -0.3 is 15.7 Å². The highest BCUT2D eigenvalue weighted by atomic mass is 16.3. The van der Waals surface area contributed by atoms with Gasteiger partial charge in [-0.1, -0.05) is 19.3 Å². The molecule has 0 unspecified atom stereocenters. The molecule has 3 N–H and O–H groups in total. The zero-order valence-corrected chi connectivity index (χ0v) is 11.2. The molecule has 0 amide bonds. The van der Waals surface area contributed by atoms with Gasteiger partial charge in [-0.2, -0.15) is 0 Å². The molecule has 100 valence electrons. The molecule has 1 fully saturated rings. The molecule has 1 aliphatic rings. The van der Waals surface area contributed by atoms with Gasteiger partial charge in [0.1, 0.15) is 18.0 Å². The summed E-state index contributed by atoms with van der Waals surface area (Å²) in [6.07, 6.45) is 6.75. The van der Waals surface area contributed by atoms with Crippen LogP contribution in [0.1, 0.15) is 37.7 Å². The van der Waals surface area contributed by atoms with Crippen LogP contribution in [0.5, 0.6) is 0 Å². The molecule has 0 spiro atoms. The minimum atomic E-state index is -0.574. The van der Waals surface area contributed by atoms with E-state index < -0.39 is 5.60 Å². The number of aromatic nitrogens is 2. The fraction of sp³-hybridized carbons (Fsp3) is 0.692. The lowest BCUT2D eigenvalue weighted by Gasteiger charge is -2.32. The van der Waals surface area contributed by atoms with Crippen molar-refractivity contribution in [3.8, 4) is 0 Å². The maximum Gasteiger partial charge on any atom is 0.134 e. The second-order valence-electron chi connectivity index (χ2n) is 5.08. The maximum absolute atomic E-state index is 10.4. The largest absolute Gasteiger partial charge is 0.388 e. The second kappa shape index (κ2) is 5.52. The lowest BCUT2D eigenvalue weighted by molar-refractivity contribution is 0.0166. The van der Waals surface area contributed by atoms with Gasteiger partial charge in [0.25, 0.3) is 0 Å². The quantitative estimate of drug-likeness (QED) is 0.761. The standard InChI is InChI=1S/C13H22N4O/c1-10-11(14-2)16-9-17-12(10)15-8-13(18)6-4-3-5-7-13/h9,18H,3-8H2,1-2H3,(H2,14,15,16,17). The molecule has 0 saturated heterocycles. The highest BCUT2D eigenvalue weighted by Crippen LogP contribution is 2.28. The smallest absolute Gasteiger partial charge is 0.134 e. The Labute approximate surface area is 108 Å². The van der Waals surface area contributed by atoms with Crippen molar-refractivity contribution < 1.29 is 5.11 Å². The number of nitrogens with zero attached hydrogens (tertiary/aromatic N) is 2. The molecule has 0 atom stereocenters.